The smallest absolute Gasteiger partial charge is 0.161 e. The molecule has 1 N–H and O–H groups in total. The van der Waals surface area contributed by atoms with Gasteiger partial charge in [0.2, 0.25) is 0 Å². The average molecular weight is 281 g/mol. The number of halogens is 1. The van der Waals surface area contributed by atoms with Crippen molar-refractivity contribution in [2.24, 2.45) is 0 Å². The predicted molar refractivity (Wildman–Crippen MR) is 74.9 cm³/mol. The van der Waals surface area contributed by atoms with Gasteiger partial charge in [0.15, 0.2) is 6.73 Å². The van der Waals surface area contributed by atoms with Crippen molar-refractivity contribution in [3.63, 3.8) is 0 Å². The molecule has 5 heteroatoms. The molecule has 1 saturated heterocycles. The van der Waals surface area contributed by atoms with Gasteiger partial charge in [-0.2, -0.15) is 0 Å². The van der Waals surface area contributed by atoms with Crippen LogP contribution in [0.25, 0.3) is 0 Å². The second-order valence-electron chi connectivity index (χ2n) is 4.73. The summed E-state index contributed by atoms with van der Waals surface area (Å²) < 4.78 is 5.67. The zero-order chi connectivity index (χ0) is 13.8. The van der Waals surface area contributed by atoms with E-state index in [-0.39, 0.29) is 6.04 Å². The molecule has 0 saturated carbocycles. The van der Waals surface area contributed by atoms with Crippen molar-refractivity contribution in [2.75, 3.05) is 13.3 Å². The Balaban J connectivity index is 2.00. The molecule has 1 fully saturated rings. The van der Waals surface area contributed by atoms with Gasteiger partial charge in [0, 0.05) is 17.6 Å². The van der Waals surface area contributed by atoms with Gasteiger partial charge in [-0.15, -0.1) is 0 Å². The van der Waals surface area contributed by atoms with E-state index in [1.807, 2.05) is 29.9 Å². The van der Waals surface area contributed by atoms with Crippen LogP contribution >= 0.6 is 11.6 Å². The number of benzene rings is 1. The maximum absolute atomic E-state index is 11.0. The van der Waals surface area contributed by atoms with Crippen molar-refractivity contribution < 1.29 is 9.53 Å². The topological polar surface area (TPSA) is 41.6 Å². The van der Waals surface area contributed by atoms with Crippen LogP contribution in [0.15, 0.2) is 30.0 Å². The number of carbonyl (C=O) groups excluding carboxylic acids is 1. The van der Waals surface area contributed by atoms with E-state index in [0.717, 1.165) is 12.3 Å². The Kier molecular flexibility index (Phi) is 4.48. The fraction of sp³-hybridized carbons (Fsp3) is 0.429. The highest BCUT2D eigenvalue weighted by Gasteiger charge is 2.26. The van der Waals surface area contributed by atoms with Crippen LogP contribution in [0.5, 0.6) is 5.75 Å². The van der Waals surface area contributed by atoms with Gasteiger partial charge in [0.25, 0.3) is 0 Å². The molecule has 1 aromatic rings. The zero-order valence-corrected chi connectivity index (χ0v) is 11.8. The second kappa shape index (κ2) is 6.11. The lowest BCUT2D eigenvalue weighted by atomic mass is 10.1. The van der Waals surface area contributed by atoms with Crippen LogP contribution in [-0.2, 0) is 4.79 Å². The molecule has 0 aromatic heterocycles. The minimum absolute atomic E-state index is 0.00457. The summed E-state index contributed by atoms with van der Waals surface area (Å²) in [6.07, 6.45) is 0. The summed E-state index contributed by atoms with van der Waals surface area (Å²) in [7, 11) is 0. The van der Waals surface area contributed by atoms with Crippen molar-refractivity contribution in [1.29, 1.82) is 0 Å². The average Bonchev–Trinajstić information content (AvgIpc) is 2.37. The lowest BCUT2D eigenvalue weighted by Crippen LogP contribution is -2.53. The van der Waals surface area contributed by atoms with Gasteiger partial charge in [0.1, 0.15) is 17.4 Å². The van der Waals surface area contributed by atoms with Gasteiger partial charge in [-0.1, -0.05) is 11.6 Å². The van der Waals surface area contributed by atoms with E-state index in [1.54, 1.807) is 12.1 Å². The number of rotatable bonds is 3. The third-order valence-electron chi connectivity index (χ3n) is 3.08. The van der Waals surface area contributed by atoms with Gasteiger partial charge >= 0.3 is 0 Å². The standard InChI is InChI=1S/C14H17ClN2O2/c1-10-7-17(14(8-18)11(2)16-10)9-19-13-5-3-12(15)4-6-13/h3-6,10-11,16H,7,9H2,1-2H3/t10-,11-/m0/s1. The molecule has 2 rings (SSSR count). The molecule has 0 unspecified atom stereocenters. The third-order valence-corrected chi connectivity index (χ3v) is 3.34. The summed E-state index contributed by atoms with van der Waals surface area (Å²) in [5.74, 6) is 2.73. The quantitative estimate of drug-likeness (QED) is 0.861. The van der Waals surface area contributed by atoms with Crippen molar-refractivity contribution in [3.05, 3.63) is 35.0 Å². The van der Waals surface area contributed by atoms with E-state index in [9.17, 15) is 4.79 Å². The molecule has 0 bridgehead atoms. The number of hydrogen-bond acceptors (Lipinski definition) is 4. The number of hydrogen-bond donors (Lipinski definition) is 1. The Hall–Kier alpha value is -1.48. The summed E-state index contributed by atoms with van der Waals surface area (Å²) in [6, 6.07) is 7.46. The van der Waals surface area contributed by atoms with Gasteiger partial charge in [-0.05, 0) is 38.1 Å². The van der Waals surface area contributed by atoms with Gasteiger partial charge in [-0.3, -0.25) is 0 Å². The normalized spacial score (nSPS) is 23.1. The predicted octanol–water partition coefficient (Wildman–Crippen LogP) is 2.07. The van der Waals surface area contributed by atoms with Crippen molar-refractivity contribution in [1.82, 2.24) is 10.2 Å². The van der Waals surface area contributed by atoms with Crippen LogP contribution in [-0.4, -0.2) is 36.2 Å². The molecule has 102 valence electrons. The Morgan fingerprint density at radius 2 is 2.11 bits per heavy atom. The third kappa shape index (κ3) is 3.51. The van der Waals surface area contributed by atoms with E-state index in [1.165, 1.54) is 0 Å². The first-order valence-corrected chi connectivity index (χ1v) is 6.62. The highest BCUT2D eigenvalue weighted by molar-refractivity contribution is 6.30. The first-order valence-electron chi connectivity index (χ1n) is 6.24. The molecule has 19 heavy (non-hydrogen) atoms. The van der Waals surface area contributed by atoms with Crippen LogP contribution in [0.3, 0.4) is 0 Å². The maximum Gasteiger partial charge on any atom is 0.161 e. The monoisotopic (exact) mass is 280 g/mol. The highest BCUT2D eigenvalue weighted by atomic mass is 35.5. The van der Waals surface area contributed by atoms with Crippen molar-refractivity contribution in [3.8, 4) is 5.75 Å². The number of nitrogens with one attached hydrogen (secondary N) is 1. The van der Waals surface area contributed by atoms with E-state index in [0.29, 0.717) is 23.5 Å². The molecule has 1 aliphatic heterocycles. The SMILES string of the molecule is C[C@@H]1N[C@@H](C)CN(COc2ccc(Cl)cc2)C1=C=O. The molecule has 1 aromatic carbocycles. The zero-order valence-electron chi connectivity index (χ0n) is 11.0. The van der Waals surface area contributed by atoms with E-state index in [4.69, 9.17) is 16.3 Å². The van der Waals surface area contributed by atoms with E-state index >= 15 is 0 Å². The minimum Gasteiger partial charge on any atom is -0.473 e. The maximum atomic E-state index is 11.0. The molecule has 0 spiro atoms. The van der Waals surface area contributed by atoms with Crippen LogP contribution in [0.4, 0.5) is 0 Å². The Morgan fingerprint density at radius 1 is 1.42 bits per heavy atom. The van der Waals surface area contributed by atoms with Crippen LogP contribution in [0.2, 0.25) is 5.02 Å². The molecular weight excluding hydrogens is 264 g/mol. The minimum atomic E-state index is -0.00457. The molecule has 2 atom stereocenters. The molecule has 0 amide bonds. The van der Waals surface area contributed by atoms with Crippen molar-refractivity contribution in [2.45, 2.75) is 25.9 Å². The summed E-state index contributed by atoms with van der Waals surface area (Å²) in [5.41, 5.74) is 0.604. The van der Waals surface area contributed by atoms with Gasteiger partial charge in [0.05, 0.1) is 6.04 Å². The first-order chi connectivity index (χ1) is 9.10. The highest BCUT2D eigenvalue weighted by Crippen LogP contribution is 2.18. The number of piperazine rings is 1. The molecule has 4 nitrogen and oxygen atoms in total. The van der Waals surface area contributed by atoms with Crippen LogP contribution in [0, 0.1) is 0 Å². The lowest BCUT2D eigenvalue weighted by Gasteiger charge is -2.37. The molecule has 0 radical (unpaired) electrons. The molecule has 1 heterocycles. The largest absolute Gasteiger partial charge is 0.473 e. The first kappa shape index (κ1) is 13.9. The van der Waals surface area contributed by atoms with Crippen LogP contribution < -0.4 is 10.1 Å². The van der Waals surface area contributed by atoms with E-state index < -0.39 is 0 Å². The molecule has 1 aliphatic rings. The molecule has 0 aliphatic carbocycles. The van der Waals surface area contributed by atoms with Crippen LogP contribution in [0.1, 0.15) is 13.8 Å². The summed E-state index contributed by atoms with van der Waals surface area (Å²) in [5, 5.41) is 3.97. The lowest BCUT2D eigenvalue weighted by molar-refractivity contribution is 0.121. The fourth-order valence-electron chi connectivity index (χ4n) is 2.22. The van der Waals surface area contributed by atoms with Gasteiger partial charge in [-0.25, -0.2) is 4.79 Å². The summed E-state index contributed by atoms with van der Waals surface area (Å²) in [6.45, 7) is 5.09. The molecular formula is C14H17ClN2O2. The second-order valence-corrected chi connectivity index (χ2v) is 5.16. The fourth-order valence-corrected chi connectivity index (χ4v) is 2.35. The number of nitrogens with zero attached hydrogens (tertiary/aromatic N) is 1. The number of ether oxygens (including phenoxy) is 1. The Bertz CT molecular complexity index is 483. The Labute approximate surface area is 118 Å². The van der Waals surface area contributed by atoms with E-state index in [2.05, 4.69) is 12.2 Å². The Morgan fingerprint density at radius 3 is 2.74 bits per heavy atom. The van der Waals surface area contributed by atoms with Crippen molar-refractivity contribution >= 4 is 17.5 Å². The van der Waals surface area contributed by atoms with Gasteiger partial charge < -0.3 is 15.0 Å². The summed E-state index contributed by atoms with van der Waals surface area (Å²) >= 11 is 5.81. The summed E-state index contributed by atoms with van der Waals surface area (Å²) in [4.78, 5) is 12.9.